The molecular weight excluding hydrogens is 552 g/mol. The smallest absolute Gasteiger partial charge is 0.245 e. The summed E-state index contributed by atoms with van der Waals surface area (Å²) in [4.78, 5) is 16.6. The summed E-state index contributed by atoms with van der Waals surface area (Å²) in [6.07, 6.45) is 6.39. The third-order valence-electron chi connectivity index (χ3n) is 6.83. The number of nitrogens with zero attached hydrogens (tertiary/aromatic N) is 7. The van der Waals surface area contributed by atoms with E-state index in [1.165, 1.54) is 51.5 Å². The Balaban J connectivity index is 1.81. The number of halogens is 1. The van der Waals surface area contributed by atoms with Crippen LogP contribution >= 0.6 is 11.6 Å². The average molecular weight is 583 g/mol. The summed E-state index contributed by atoms with van der Waals surface area (Å²) in [6.45, 7) is 1.41. The maximum atomic E-state index is 13.7. The highest BCUT2D eigenvalue weighted by atomic mass is 35.5. The molecule has 0 amide bonds. The molecule has 0 bridgehead atoms. The summed E-state index contributed by atoms with van der Waals surface area (Å²) in [5.41, 5.74) is 0.222. The van der Waals surface area contributed by atoms with Gasteiger partial charge in [0.05, 0.1) is 19.2 Å². The van der Waals surface area contributed by atoms with Crippen LogP contribution in [0.15, 0.2) is 18.7 Å². The molecule has 1 aliphatic carbocycles. The van der Waals surface area contributed by atoms with Gasteiger partial charge >= 0.3 is 0 Å². The van der Waals surface area contributed by atoms with Crippen molar-refractivity contribution >= 4 is 27.6 Å². The lowest BCUT2D eigenvalue weighted by molar-refractivity contribution is 0.0950. The average Bonchev–Trinajstić information content (AvgIpc) is 3.35. The molecular formula is C23H31ClN8O6S. The summed E-state index contributed by atoms with van der Waals surface area (Å²) in [6, 6.07) is 0. The molecule has 1 fully saturated rings. The SMILES string of the molecule is COc1ncnc(OC)c1-n1c(NS(=O)(=O)C(C)C(OC)c2ncc(Cl)cn2)nnc1[C@@H]1CCCC[C@@H]1CO. The number of ether oxygens (including phenoxy) is 3. The highest BCUT2D eigenvalue weighted by molar-refractivity contribution is 7.93. The van der Waals surface area contributed by atoms with Crippen molar-refractivity contribution in [2.75, 3.05) is 32.7 Å². The third kappa shape index (κ3) is 5.90. The van der Waals surface area contributed by atoms with Crippen LogP contribution in [0.3, 0.4) is 0 Å². The molecule has 2 N–H and O–H groups in total. The molecule has 212 valence electrons. The van der Waals surface area contributed by atoms with Gasteiger partial charge in [-0.05, 0) is 25.7 Å². The van der Waals surface area contributed by atoms with E-state index in [0.717, 1.165) is 25.7 Å². The quantitative estimate of drug-likeness (QED) is 0.338. The number of hydrogen-bond donors (Lipinski definition) is 2. The van der Waals surface area contributed by atoms with Crippen LogP contribution in [0.25, 0.3) is 5.69 Å². The Morgan fingerprint density at radius 1 is 1.08 bits per heavy atom. The normalized spacial score (nSPS) is 19.3. The number of sulfonamides is 1. The van der Waals surface area contributed by atoms with Crippen molar-refractivity contribution in [2.45, 2.75) is 49.9 Å². The largest absolute Gasteiger partial charge is 0.479 e. The molecule has 2 unspecified atom stereocenters. The Hall–Kier alpha value is -3.14. The second-order valence-electron chi connectivity index (χ2n) is 9.06. The fourth-order valence-corrected chi connectivity index (χ4v) is 6.01. The zero-order valence-corrected chi connectivity index (χ0v) is 23.6. The predicted molar refractivity (Wildman–Crippen MR) is 141 cm³/mol. The van der Waals surface area contributed by atoms with Crippen LogP contribution in [0, 0.1) is 5.92 Å². The van der Waals surface area contributed by atoms with Gasteiger partial charge < -0.3 is 19.3 Å². The Morgan fingerprint density at radius 2 is 1.72 bits per heavy atom. The summed E-state index contributed by atoms with van der Waals surface area (Å²) in [7, 11) is 0.0418. The van der Waals surface area contributed by atoms with Crippen molar-refractivity contribution in [3.05, 3.63) is 35.4 Å². The fraction of sp³-hybridized carbons (Fsp3) is 0.565. The predicted octanol–water partition coefficient (Wildman–Crippen LogP) is 2.30. The standard InChI is InChI=1S/C23H31ClN8O6S/c1-13(18(36-2)19-25-9-15(24)10-26-19)39(34,35)31-23-30-29-20(16-8-6-5-7-14(16)11-33)32(23)17-21(37-3)27-12-28-22(17)38-4/h9-10,12-14,16,18,33H,5-8,11H2,1-4H3,(H,30,31)/t13?,14-,16-,18?/m1/s1. The van der Waals surface area contributed by atoms with E-state index in [0.29, 0.717) is 10.8 Å². The first-order valence-corrected chi connectivity index (χ1v) is 14.2. The minimum absolute atomic E-state index is 0.0498. The van der Waals surface area contributed by atoms with E-state index in [4.69, 9.17) is 25.8 Å². The molecule has 39 heavy (non-hydrogen) atoms. The van der Waals surface area contributed by atoms with Gasteiger partial charge in [-0.1, -0.05) is 24.4 Å². The first-order valence-electron chi connectivity index (χ1n) is 12.3. The Labute approximate surface area is 231 Å². The maximum Gasteiger partial charge on any atom is 0.245 e. The number of aliphatic hydroxyl groups is 1. The molecule has 0 spiro atoms. The van der Waals surface area contributed by atoms with Crippen LogP contribution in [-0.2, 0) is 14.8 Å². The molecule has 4 atom stereocenters. The maximum absolute atomic E-state index is 13.7. The number of nitrogens with one attached hydrogen (secondary N) is 1. The fourth-order valence-electron chi connectivity index (χ4n) is 4.79. The lowest BCUT2D eigenvalue weighted by atomic mass is 9.79. The van der Waals surface area contributed by atoms with Crippen molar-refractivity contribution in [3.8, 4) is 17.4 Å². The van der Waals surface area contributed by atoms with Crippen molar-refractivity contribution in [3.63, 3.8) is 0 Å². The molecule has 3 aromatic rings. The van der Waals surface area contributed by atoms with Gasteiger partial charge in [0.25, 0.3) is 0 Å². The van der Waals surface area contributed by atoms with E-state index >= 15 is 0 Å². The third-order valence-corrected chi connectivity index (χ3v) is 8.72. The van der Waals surface area contributed by atoms with Gasteiger partial charge in [0.2, 0.25) is 27.7 Å². The second-order valence-corrected chi connectivity index (χ2v) is 11.5. The van der Waals surface area contributed by atoms with Crippen LogP contribution in [0.4, 0.5) is 5.95 Å². The van der Waals surface area contributed by atoms with E-state index in [1.807, 2.05) is 0 Å². The lowest BCUT2D eigenvalue weighted by Crippen LogP contribution is -2.33. The highest BCUT2D eigenvalue weighted by Gasteiger charge is 2.37. The van der Waals surface area contributed by atoms with E-state index in [1.54, 1.807) is 0 Å². The van der Waals surface area contributed by atoms with Gasteiger partial charge in [-0.3, -0.25) is 9.29 Å². The molecule has 0 radical (unpaired) electrons. The molecule has 0 aromatic carbocycles. The minimum atomic E-state index is -4.17. The summed E-state index contributed by atoms with van der Waals surface area (Å²) >= 11 is 5.89. The molecule has 0 saturated heterocycles. The number of anilines is 1. The number of methoxy groups -OCH3 is 3. The molecule has 1 saturated carbocycles. The van der Waals surface area contributed by atoms with Gasteiger partial charge in [-0.15, -0.1) is 10.2 Å². The van der Waals surface area contributed by atoms with Crippen molar-refractivity contribution in [2.24, 2.45) is 5.92 Å². The first-order chi connectivity index (χ1) is 18.7. The van der Waals surface area contributed by atoms with Crippen LogP contribution in [0.2, 0.25) is 5.02 Å². The highest BCUT2D eigenvalue weighted by Crippen LogP contribution is 2.41. The van der Waals surface area contributed by atoms with Crippen molar-refractivity contribution in [1.29, 1.82) is 0 Å². The van der Waals surface area contributed by atoms with Crippen molar-refractivity contribution < 1.29 is 27.7 Å². The van der Waals surface area contributed by atoms with Crippen LogP contribution in [0.1, 0.15) is 56.3 Å². The molecule has 16 heteroatoms. The molecule has 3 heterocycles. The van der Waals surface area contributed by atoms with Gasteiger partial charge in [0.15, 0.2) is 11.5 Å². The molecule has 0 aliphatic heterocycles. The Bertz CT molecular complexity index is 1350. The summed E-state index contributed by atoms with van der Waals surface area (Å²) < 4.78 is 47.8. The molecule has 4 rings (SSSR count). The van der Waals surface area contributed by atoms with Gasteiger partial charge in [0, 0.05) is 32.0 Å². The zero-order chi connectivity index (χ0) is 28.2. The number of aromatic nitrogens is 7. The van der Waals surface area contributed by atoms with Gasteiger partial charge in [-0.25, -0.2) is 18.4 Å². The molecule has 1 aliphatic rings. The first kappa shape index (κ1) is 28.9. The van der Waals surface area contributed by atoms with Crippen molar-refractivity contribution in [1.82, 2.24) is 34.7 Å². The number of rotatable bonds is 11. The van der Waals surface area contributed by atoms with Crippen LogP contribution in [-0.4, -0.2) is 81.4 Å². The number of hydrogen-bond acceptors (Lipinski definition) is 12. The topological polar surface area (TPSA) is 176 Å². The molecule has 14 nitrogen and oxygen atoms in total. The Morgan fingerprint density at radius 3 is 2.31 bits per heavy atom. The minimum Gasteiger partial charge on any atom is -0.479 e. The van der Waals surface area contributed by atoms with E-state index in [9.17, 15) is 13.5 Å². The monoisotopic (exact) mass is 582 g/mol. The van der Waals surface area contributed by atoms with Gasteiger partial charge in [0.1, 0.15) is 23.5 Å². The summed E-state index contributed by atoms with van der Waals surface area (Å²) in [5, 5.41) is 17.8. The summed E-state index contributed by atoms with van der Waals surface area (Å²) in [5.74, 6) is 0.387. The van der Waals surface area contributed by atoms with E-state index in [2.05, 4.69) is 34.9 Å². The van der Waals surface area contributed by atoms with E-state index < -0.39 is 21.4 Å². The van der Waals surface area contributed by atoms with Gasteiger partial charge in [-0.2, -0.15) is 9.97 Å². The molecule has 3 aromatic heterocycles. The number of aliphatic hydroxyl groups excluding tert-OH is 1. The van der Waals surface area contributed by atoms with E-state index in [-0.39, 0.29) is 47.7 Å². The second kappa shape index (κ2) is 12.4. The van der Waals surface area contributed by atoms with Crippen LogP contribution < -0.4 is 14.2 Å². The lowest BCUT2D eigenvalue weighted by Gasteiger charge is -2.30. The zero-order valence-electron chi connectivity index (χ0n) is 22.0. The Kier molecular flexibility index (Phi) is 9.15. The van der Waals surface area contributed by atoms with Crippen LogP contribution in [0.5, 0.6) is 11.8 Å².